The van der Waals surface area contributed by atoms with Gasteiger partial charge in [0, 0.05) is 0 Å². The first-order valence-electron chi connectivity index (χ1n) is 3.39. The lowest BCUT2D eigenvalue weighted by Crippen LogP contribution is -2.41. The monoisotopic (exact) mass is 149 g/mol. The predicted octanol–water partition coefficient (Wildman–Crippen LogP) is -0.309. The lowest BCUT2D eigenvalue weighted by Gasteiger charge is -2.20. The summed E-state index contributed by atoms with van der Waals surface area (Å²) in [6.07, 6.45) is -1.38. The van der Waals surface area contributed by atoms with Crippen molar-refractivity contribution in [2.75, 3.05) is 0 Å². The topological polar surface area (TPSA) is 72.7 Å². The van der Waals surface area contributed by atoms with Crippen LogP contribution >= 0.6 is 0 Å². The Morgan fingerprint density at radius 1 is 1.40 bits per heavy atom. The molecule has 0 aromatic rings. The Morgan fingerprint density at radius 2 is 1.90 bits per heavy atom. The van der Waals surface area contributed by atoms with Gasteiger partial charge in [-0.3, -0.25) is 0 Å². The summed E-state index contributed by atoms with van der Waals surface area (Å²) in [5.41, 5.74) is 1.59. The molecule has 0 aromatic carbocycles. The zero-order valence-corrected chi connectivity index (χ0v) is 6.28. The van der Waals surface area contributed by atoms with E-state index in [1.54, 1.807) is 12.4 Å². The van der Waals surface area contributed by atoms with E-state index in [1.165, 1.54) is 0 Å². The van der Waals surface area contributed by atoms with Crippen molar-refractivity contribution < 1.29 is 15.4 Å². The Hall–Kier alpha value is -0.160. The molecule has 0 aliphatic carbocycles. The SMILES string of the molecule is CCC(C)C(O)C(O)NO. The molecule has 0 aliphatic heterocycles. The van der Waals surface area contributed by atoms with Crippen LogP contribution in [-0.4, -0.2) is 27.8 Å². The molecule has 4 heteroatoms. The van der Waals surface area contributed by atoms with E-state index in [0.717, 1.165) is 6.42 Å². The second kappa shape index (κ2) is 4.62. The second-order valence-electron chi connectivity index (χ2n) is 2.45. The average molecular weight is 149 g/mol. The highest BCUT2D eigenvalue weighted by atomic mass is 16.5. The maximum Gasteiger partial charge on any atom is 0.152 e. The van der Waals surface area contributed by atoms with Crippen molar-refractivity contribution in [3.63, 3.8) is 0 Å². The molecule has 0 aliphatic rings. The van der Waals surface area contributed by atoms with Crippen LogP contribution in [0, 0.1) is 5.92 Å². The second-order valence-corrected chi connectivity index (χ2v) is 2.45. The van der Waals surface area contributed by atoms with E-state index in [0.29, 0.717) is 0 Å². The van der Waals surface area contributed by atoms with Gasteiger partial charge in [-0.15, -0.1) is 0 Å². The van der Waals surface area contributed by atoms with E-state index in [-0.39, 0.29) is 5.92 Å². The fraction of sp³-hybridized carbons (Fsp3) is 1.00. The van der Waals surface area contributed by atoms with Crippen molar-refractivity contribution in [2.45, 2.75) is 32.6 Å². The van der Waals surface area contributed by atoms with Gasteiger partial charge in [0.2, 0.25) is 0 Å². The van der Waals surface area contributed by atoms with Crippen LogP contribution in [-0.2, 0) is 0 Å². The molecule has 0 saturated heterocycles. The van der Waals surface area contributed by atoms with Gasteiger partial charge in [-0.25, -0.2) is 0 Å². The average Bonchev–Trinajstić information content (AvgIpc) is 2.00. The van der Waals surface area contributed by atoms with Crippen molar-refractivity contribution in [2.24, 2.45) is 5.92 Å². The molecule has 0 heterocycles. The molecular formula is C6H15NO3. The van der Waals surface area contributed by atoms with Crippen LogP contribution in [0.1, 0.15) is 20.3 Å². The molecule has 0 fully saturated rings. The summed E-state index contributed by atoms with van der Waals surface area (Å²) < 4.78 is 0. The van der Waals surface area contributed by atoms with Gasteiger partial charge in [-0.2, -0.15) is 5.48 Å². The summed E-state index contributed by atoms with van der Waals surface area (Å²) in [4.78, 5) is 0. The summed E-state index contributed by atoms with van der Waals surface area (Å²) in [6, 6.07) is 0. The molecule has 0 rings (SSSR count). The minimum atomic E-state index is -1.24. The smallest absolute Gasteiger partial charge is 0.152 e. The minimum Gasteiger partial charge on any atom is -0.389 e. The highest BCUT2D eigenvalue weighted by Crippen LogP contribution is 2.08. The zero-order valence-electron chi connectivity index (χ0n) is 6.28. The first-order valence-corrected chi connectivity index (χ1v) is 3.39. The normalized spacial score (nSPS) is 20.1. The van der Waals surface area contributed by atoms with Gasteiger partial charge in [-0.1, -0.05) is 20.3 Å². The molecule has 0 amide bonds. The van der Waals surface area contributed by atoms with Crippen molar-refractivity contribution in [3.8, 4) is 0 Å². The molecule has 0 spiro atoms. The number of rotatable bonds is 4. The summed E-state index contributed by atoms with van der Waals surface area (Å²) in [5, 5.41) is 26.1. The third-order valence-corrected chi connectivity index (χ3v) is 1.68. The fourth-order valence-corrected chi connectivity index (χ4v) is 0.629. The van der Waals surface area contributed by atoms with Crippen LogP contribution in [0.5, 0.6) is 0 Å². The van der Waals surface area contributed by atoms with Gasteiger partial charge in [0.05, 0.1) is 6.10 Å². The van der Waals surface area contributed by atoms with E-state index >= 15 is 0 Å². The number of hydroxylamine groups is 1. The van der Waals surface area contributed by atoms with E-state index in [2.05, 4.69) is 0 Å². The van der Waals surface area contributed by atoms with Gasteiger partial charge in [-0.05, 0) is 5.92 Å². The first kappa shape index (κ1) is 9.84. The maximum atomic E-state index is 9.11. The summed E-state index contributed by atoms with van der Waals surface area (Å²) in [5.74, 6) is -0.0188. The molecule has 0 bridgehead atoms. The highest BCUT2D eigenvalue weighted by molar-refractivity contribution is 4.67. The Morgan fingerprint density at radius 3 is 2.20 bits per heavy atom. The van der Waals surface area contributed by atoms with Crippen LogP contribution < -0.4 is 5.48 Å². The third kappa shape index (κ3) is 2.62. The molecule has 0 aromatic heterocycles. The molecule has 0 radical (unpaired) electrons. The molecule has 10 heavy (non-hydrogen) atoms. The largest absolute Gasteiger partial charge is 0.389 e. The van der Waals surface area contributed by atoms with E-state index < -0.39 is 12.3 Å². The summed E-state index contributed by atoms with van der Waals surface area (Å²) in [7, 11) is 0. The van der Waals surface area contributed by atoms with Crippen molar-refractivity contribution in [3.05, 3.63) is 0 Å². The quantitative estimate of drug-likeness (QED) is 0.327. The number of hydrogen-bond donors (Lipinski definition) is 4. The van der Waals surface area contributed by atoms with Gasteiger partial charge in [0.15, 0.2) is 6.23 Å². The van der Waals surface area contributed by atoms with E-state index in [9.17, 15) is 0 Å². The third-order valence-electron chi connectivity index (χ3n) is 1.68. The van der Waals surface area contributed by atoms with Crippen LogP contribution in [0.4, 0.5) is 0 Å². The van der Waals surface area contributed by atoms with E-state index in [1.807, 2.05) is 6.92 Å². The van der Waals surface area contributed by atoms with Crippen LogP contribution in [0.15, 0.2) is 0 Å². The first-order chi connectivity index (χ1) is 4.63. The predicted molar refractivity (Wildman–Crippen MR) is 36.4 cm³/mol. The number of aliphatic hydroxyl groups excluding tert-OH is 2. The number of hydrogen-bond acceptors (Lipinski definition) is 4. The maximum absolute atomic E-state index is 9.11. The molecular weight excluding hydrogens is 134 g/mol. The highest BCUT2D eigenvalue weighted by Gasteiger charge is 2.20. The number of nitrogens with one attached hydrogen (secondary N) is 1. The van der Waals surface area contributed by atoms with Crippen molar-refractivity contribution >= 4 is 0 Å². The molecule has 62 valence electrons. The van der Waals surface area contributed by atoms with E-state index in [4.69, 9.17) is 15.4 Å². The van der Waals surface area contributed by atoms with Crippen molar-refractivity contribution in [1.82, 2.24) is 5.48 Å². The van der Waals surface area contributed by atoms with Crippen LogP contribution in [0.3, 0.4) is 0 Å². The summed E-state index contributed by atoms with van der Waals surface area (Å²) in [6.45, 7) is 3.70. The van der Waals surface area contributed by atoms with Crippen LogP contribution in [0.2, 0.25) is 0 Å². The van der Waals surface area contributed by atoms with Crippen LogP contribution in [0.25, 0.3) is 0 Å². The van der Waals surface area contributed by atoms with Crippen molar-refractivity contribution in [1.29, 1.82) is 0 Å². The Kier molecular flexibility index (Phi) is 4.55. The lowest BCUT2D eigenvalue weighted by molar-refractivity contribution is -0.0912. The van der Waals surface area contributed by atoms with Gasteiger partial charge >= 0.3 is 0 Å². The molecule has 4 nitrogen and oxygen atoms in total. The standard InChI is InChI=1S/C6H15NO3/c1-3-4(2)5(8)6(9)7-10/h4-10H,3H2,1-2H3. The minimum absolute atomic E-state index is 0.0188. The Balaban J connectivity index is 3.69. The molecule has 3 unspecified atom stereocenters. The summed E-state index contributed by atoms with van der Waals surface area (Å²) >= 11 is 0. The zero-order chi connectivity index (χ0) is 8.15. The Bertz CT molecular complexity index is 79.1. The molecule has 4 N–H and O–H groups in total. The number of aliphatic hydroxyl groups is 2. The lowest BCUT2D eigenvalue weighted by atomic mass is 10.0. The fourth-order valence-electron chi connectivity index (χ4n) is 0.629. The molecule has 3 atom stereocenters. The molecule has 0 saturated carbocycles. The van der Waals surface area contributed by atoms with Gasteiger partial charge < -0.3 is 15.4 Å². The van der Waals surface area contributed by atoms with Gasteiger partial charge in [0.25, 0.3) is 0 Å². The van der Waals surface area contributed by atoms with Gasteiger partial charge in [0.1, 0.15) is 0 Å². The Labute approximate surface area is 60.5 Å².